The largest absolute Gasteiger partial charge is 1.00 e. The minimum atomic E-state index is -1.39. The van der Waals surface area contributed by atoms with E-state index in [-0.39, 0.29) is 31.0 Å². The Labute approximate surface area is 176 Å². The molecule has 0 N–H and O–H groups in total. The van der Waals surface area contributed by atoms with Gasteiger partial charge in [0.1, 0.15) is 0 Å². The summed E-state index contributed by atoms with van der Waals surface area (Å²) < 4.78 is 2.59. The first-order valence-corrected chi connectivity index (χ1v) is 15.5. The SMILES string of the molecule is CCC1=[C]([Ti+2]([CH]2c3ccccc3-c3ccccc32)=[Si](C)C)CC=C1.[Cl-].[Cl-]. The molecule has 0 amide bonds. The summed E-state index contributed by atoms with van der Waals surface area (Å²) in [6.45, 7) is 7.47. The molecule has 0 nitrogen and oxygen atoms in total. The van der Waals surface area contributed by atoms with Crippen molar-refractivity contribution < 1.29 is 41.4 Å². The third-order valence-electron chi connectivity index (χ3n) is 5.40. The monoisotopic (exact) mass is 434 g/mol. The molecule has 2 aliphatic carbocycles. The normalized spacial score (nSPS) is 14.1. The third-order valence-corrected chi connectivity index (χ3v) is 17.7. The molecular weight excluding hydrogens is 411 g/mol. The molecule has 0 spiro atoms. The molecule has 0 fully saturated rings. The van der Waals surface area contributed by atoms with Gasteiger partial charge in [-0.3, -0.25) is 0 Å². The summed E-state index contributed by atoms with van der Waals surface area (Å²) in [5, 5.41) is 0. The summed E-state index contributed by atoms with van der Waals surface area (Å²) in [6.07, 6.45) is 6.97. The Morgan fingerprint density at radius 1 is 0.923 bits per heavy atom. The number of hydrogen-bond donors (Lipinski definition) is 0. The van der Waals surface area contributed by atoms with Gasteiger partial charge in [0.2, 0.25) is 0 Å². The summed E-state index contributed by atoms with van der Waals surface area (Å²) in [5.41, 5.74) is 7.90. The fourth-order valence-electron chi connectivity index (χ4n) is 4.40. The molecule has 0 aromatic heterocycles. The predicted molar refractivity (Wildman–Crippen MR) is 102 cm³/mol. The van der Waals surface area contributed by atoms with Crippen LogP contribution in [0.5, 0.6) is 0 Å². The second-order valence-corrected chi connectivity index (χ2v) is 19.0. The molecule has 0 saturated carbocycles. The first kappa shape index (κ1) is 21.7. The fourth-order valence-corrected chi connectivity index (χ4v) is 17.2. The molecule has 2 aromatic carbocycles. The van der Waals surface area contributed by atoms with E-state index in [1.807, 2.05) is 3.88 Å². The van der Waals surface area contributed by atoms with Gasteiger partial charge in [0, 0.05) is 0 Å². The van der Waals surface area contributed by atoms with E-state index in [1.54, 1.807) is 16.7 Å². The van der Waals surface area contributed by atoms with E-state index in [0.29, 0.717) is 4.22 Å². The van der Waals surface area contributed by atoms with Crippen LogP contribution in [0.15, 0.2) is 70.1 Å². The zero-order valence-corrected chi connectivity index (χ0v) is 19.6. The van der Waals surface area contributed by atoms with Gasteiger partial charge in [-0.1, -0.05) is 0 Å². The molecule has 0 bridgehead atoms. The van der Waals surface area contributed by atoms with E-state index < -0.39 is 16.6 Å². The van der Waals surface area contributed by atoms with Gasteiger partial charge in [0.15, 0.2) is 0 Å². The molecule has 0 saturated heterocycles. The fraction of sp³-hybridized carbons (Fsp3) is 0.273. The van der Waals surface area contributed by atoms with Crippen LogP contribution in [-0.2, 0) is 16.6 Å². The Morgan fingerprint density at radius 3 is 1.96 bits per heavy atom. The Hall–Kier alpha value is -0.569. The summed E-state index contributed by atoms with van der Waals surface area (Å²) in [5.74, 6) is 0. The smallest absolute Gasteiger partial charge is 1.00 e. The van der Waals surface area contributed by atoms with E-state index in [4.69, 9.17) is 0 Å². The molecule has 4 heteroatoms. The van der Waals surface area contributed by atoms with Crippen LogP contribution in [0.3, 0.4) is 0 Å². The van der Waals surface area contributed by atoms with E-state index in [1.165, 1.54) is 24.0 Å². The average molecular weight is 435 g/mol. The van der Waals surface area contributed by atoms with E-state index in [9.17, 15) is 0 Å². The maximum Gasteiger partial charge on any atom is -1.00 e. The Balaban J connectivity index is 0.00000121. The van der Waals surface area contributed by atoms with Gasteiger partial charge in [-0.05, 0) is 0 Å². The van der Waals surface area contributed by atoms with Crippen molar-refractivity contribution in [3.05, 3.63) is 81.3 Å². The zero-order chi connectivity index (χ0) is 16.7. The van der Waals surface area contributed by atoms with Crippen molar-refractivity contribution in [1.29, 1.82) is 0 Å². The van der Waals surface area contributed by atoms with Crippen LogP contribution in [0.4, 0.5) is 0 Å². The number of fused-ring (bicyclic) bond motifs is 3. The van der Waals surface area contributed by atoms with Crippen LogP contribution >= 0.6 is 0 Å². The maximum atomic E-state index is 2.57. The van der Waals surface area contributed by atoms with Crippen molar-refractivity contribution in [3.63, 3.8) is 0 Å². The number of halogens is 2. The molecule has 134 valence electrons. The topological polar surface area (TPSA) is 0 Å². The van der Waals surface area contributed by atoms with Crippen molar-refractivity contribution in [2.24, 2.45) is 0 Å². The average Bonchev–Trinajstić information content (AvgIpc) is 3.19. The molecule has 4 rings (SSSR count). The van der Waals surface area contributed by atoms with Crippen LogP contribution in [-0.4, -0.2) is 6.19 Å². The van der Waals surface area contributed by atoms with Gasteiger partial charge in [0.05, 0.1) is 0 Å². The summed E-state index contributed by atoms with van der Waals surface area (Å²) >= 11 is -1.39. The number of benzene rings is 2. The standard InChI is InChI=1S/C13H9.C7H9.C2H6Si.2ClH.Ti/c1-3-7-12-10(5-1)9-11-6-2-4-8-13(11)12;1-2-7-5-3-4-6-7;1-3-2;;;/h1-9H;3,5H,2,4H2,1H3;1-2H3;2*1H;/q;;;;;+2/p-2. The van der Waals surface area contributed by atoms with Crippen molar-refractivity contribution in [3.8, 4) is 11.1 Å². The second kappa shape index (κ2) is 9.08. The number of hydrogen-bond acceptors (Lipinski definition) is 0. The quantitative estimate of drug-likeness (QED) is 0.607. The van der Waals surface area contributed by atoms with Gasteiger partial charge in [-0.2, -0.15) is 0 Å². The first-order valence-electron chi connectivity index (χ1n) is 8.97. The minimum Gasteiger partial charge on any atom is -1.00 e. The van der Waals surface area contributed by atoms with Gasteiger partial charge >= 0.3 is 152 Å². The maximum absolute atomic E-state index is 2.57. The zero-order valence-electron chi connectivity index (χ0n) is 15.5. The number of rotatable bonds is 3. The van der Waals surface area contributed by atoms with Crippen LogP contribution < -0.4 is 24.8 Å². The van der Waals surface area contributed by atoms with Crippen molar-refractivity contribution in [2.45, 2.75) is 37.1 Å². The van der Waals surface area contributed by atoms with E-state index >= 15 is 0 Å². The Kier molecular flexibility index (Phi) is 7.59. The minimum absolute atomic E-state index is 0. The Morgan fingerprint density at radius 2 is 1.46 bits per heavy atom. The Bertz CT molecular complexity index is 862. The predicted octanol–water partition coefficient (Wildman–Crippen LogP) is 0.258. The van der Waals surface area contributed by atoms with Crippen LogP contribution in [0.2, 0.25) is 13.1 Å². The third kappa shape index (κ3) is 3.57. The molecule has 2 aromatic rings. The van der Waals surface area contributed by atoms with Gasteiger partial charge in [0.25, 0.3) is 0 Å². The van der Waals surface area contributed by atoms with Crippen LogP contribution in [0.25, 0.3) is 11.1 Å². The van der Waals surface area contributed by atoms with Gasteiger partial charge < -0.3 is 24.8 Å². The number of allylic oxidation sites excluding steroid dienone is 4. The van der Waals surface area contributed by atoms with Crippen molar-refractivity contribution in [1.82, 2.24) is 0 Å². The molecule has 0 aliphatic heterocycles. The van der Waals surface area contributed by atoms with Gasteiger partial charge in [-0.15, -0.1) is 0 Å². The van der Waals surface area contributed by atoms with Crippen LogP contribution in [0, 0.1) is 0 Å². The summed E-state index contributed by atoms with van der Waals surface area (Å²) in [7, 11) is 0. The summed E-state index contributed by atoms with van der Waals surface area (Å²) in [4.78, 5) is 0. The van der Waals surface area contributed by atoms with Gasteiger partial charge in [-0.25, -0.2) is 0 Å². The summed E-state index contributed by atoms with van der Waals surface area (Å²) in [6, 6.07) is 18.4. The molecule has 0 unspecified atom stereocenters. The van der Waals surface area contributed by atoms with Crippen molar-refractivity contribution >= 4 is 6.19 Å². The van der Waals surface area contributed by atoms with E-state index in [2.05, 4.69) is 80.7 Å². The first-order chi connectivity index (χ1) is 11.7. The molecule has 0 radical (unpaired) electrons. The second-order valence-electron chi connectivity index (χ2n) is 6.99. The molecular formula is C22H24Cl2SiTi. The molecule has 0 atom stereocenters. The van der Waals surface area contributed by atoms with Crippen molar-refractivity contribution in [2.75, 3.05) is 0 Å². The molecule has 0 heterocycles. The molecule has 26 heavy (non-hydrogen) atoms. The molecule has 2 aliphatic rings. The van der Waals surface area contributed by atoms with E-state index in [0.717, 1.165) is 0 Å². The van der Waals surface area contributed by atoms with Crippen LogP contribution in [0.1, 0.15) is 35.1 Å².